The Morgan fingerprint density at radius 2 is 2.05 bits per heavy atom. The van der Waals surface area contributed by atoms with Gasteiger partial charge in [-0.15, -0.1) is 0 Å². The smallest absolute Gasteiger partial charge is 0.388 e. The van der Waals surface area contributed by atoms with E-state index in [1.165, 1.54) is 16.8 Å². The predicted octanol–water partition coefficient (Wildman–Crippen LogP) is 3.68. The van der Waals surface area contributed by atoms with Crippen molar-refractivity contribution in [2.24, 2.45) is 7.05 Å². The Morgan fingerprint density at radius 1 is 1.38 bits per heavy atom. The van der Waals surface area contributed by atoms with E-state index in [4.69, 9.17) is 11.6 Å². The average Bonchev–Trinajstić information content (AvgIpc) is 2.64. The fourth-order valence-electron chi connectivity index (χ4n) is 2.13. The molecule has 21 heavy (non-hydrogen) atoms. The minimum absolute atomic E-state index is 0.0947. The van der Waals surface area contributed by atoms with Crippen molar-refractivity contribution >= 4 is 11.6 Å². The molecule has 114 valence electrons. The monoisotopic (exact) mass is 318 g/mol. The quantitative estimate of drug-likeness (QED) is 0.937. The summed E-state index contributed by atoms with van der Waals surface area (Å²) in [5.41, 5.74) is 0.607. The molecule has 0 fully saturated rings. The van der Waals surface area contributed by atoms with Crippen LogP contribution in [0, 0.1) is 6.92 Å². The van der Waals surface area contributed by atoms with Crippen molar-refractivity contribution in [1.82, 2.24) is 9.78 Å². The van der Waals surface area contributed by atoms with Crippen LogP contribution in [0.2, 0.25) is 5.02 Å². The Labute approximate surface area is 125 Å². The van der Waals surface area contributed by atoms with E-state index >= 15 is 0 Å². The van der Waals surface area contributed by atoms with Crippen molar-refractivity contribution in [2.45, 2.75) is 25.6 Å². The second kappa shape index (κ2) is 5.69. The van der Waals surface area contributed by atoms with Crippen molar-refractivity contribution in [2.75, 3.05) is 0 Å². The number of rotatable bonds is 3. The third-order valence-corrected chi connectivity index (χ3v) is 3.74. The number of hydrogen-bond donors (Lipinski definition) is 1. The van der Waals surface area contributed by atoms with Crippen LogP contribution in [0.3, 0.4) is 0 Å². The number of aliphatic hydroxyl groups is 1. The summed E-state index contributed by atoms with van der Waals surface area (Å²) in [7, 11) is 1.67. The van der Waals surface area contributed by atoms with Gasteiger partial charge in [-0.25, -0.2) is 0 Å². The summed E-state index contributed by atoms with van der Waals surface area (Å²) in [5, 5.41) is 14.7. The summed E-state index contributed by atoms with van der Waals surface area (Å²) in [5.74, 6) is 0. The van der Waals surface area contributed by atoms with Crippen LogP contribution < -0.4 is 0 Å². The minimum Gasteiger partial charge on any atom is -0.388 e. The van der Waals surface area contributed by atoms with E-state index in [2.05, 4.69) is 5.10 Å². The molecule has 7 heteroatoms. The number of aryl methyl sites for hydroxylation is 2. The SMILES string of the molecule is Cc1nn(C)c(CC(O)c2cccc(C(F)(F)F)c2)c1Cl. The van der Waals surface area contributed by atoms with E-state index in [-0.39, 0.29) is 12.0 Å². The van der Waals surface area contributed by atoms with Gasteiger partial charge in [0.2, 0.25) is 0 Å². The lowest BCUT2D eigenvalue weighted by atomic mass is 10.0. The maximum atomic E-state index is 12.7. The van der Waals surface area contributed by atoms with Gasteiger partial charge in [0.25, 0.3) is 0 Å². The molecule has 2 rings (SSSR count). The van der Waals surface area contributed by atoms with Gasteiger partial charge < -0.3 is 5.11 Å². The summed E-state index contributed by atoms with van der Waals surface area (Å²) in [6, 6.07) is 4.65. The third kappa shape index (κ3) is 3.39. The topological polar surface area (TPSA) is 38.0 Å². The number of hydrogen-bond acceptors (Lipinski definition) is 2. The summed E-state index contributed by atoms with van der Waals surface area (Å²) in [6.45, 7) is 1.72. The first-order valence-electron chi connectivity index (χ1n) is 6.23. The Morgan fingerprint density at radius 3 is 2.57 bits per heavy atom. The molecular formula is C14H14ClF3N2O. The fraction of sp³-hybridized carbons (Fsp3) is 0.357. The van der Waals surface area contributed by atoms with E-state index in [1.807, 2.05) is 0 Å². The molecule has 0 aliphatic rings. The molecule has 0 bridgehead atoms. The number of aromatic nitrogens is 2. The number of nitrogens with zero attached hydrogens (tertiary/aromatic N) is 2. The van der Waals surface area contributed by atoms with Gasteiger partial charge in [-0.2, -0.15) is 18.3 Å². The molecule has 0 spiro atoms. The van der Waals surface area contributed by atoms with Crippen molar-refractivity contribution in [3.05, 3.63) is 51.8 Å². The number of halogens is 4. The average molecular weight is 319 g/mol. The van der Waals surface area contributed by atoms with Crippen molar-refractivity contribution < 1.29 is 18.3 Å². The van der Waals surface area contributed by atoms with Crippen LogP contribution in [0.15, 0.2) is 24.3 Å². The molecule has 1 N–H and O–H groups in total. The van der Waals surface area contributed by atoms with Gasteiger partial charge >= 0.3 is 6.18 Å². The van der Waals surface area contributed by atoms with Gasteiger partial charge in [-0.1, -0.05) is 23.7 Å². The van der Waals surface area contributed by atoms with Crippen molar-refractivity contribution in [3.63, 3.8) is 0 Å². The second-order valence-electron chi connectivity index (χ2n) is 4.81. The molecule has 0 radical (unpaired) electrons. The van der Waals surface area contributed by atoms with Crippen LogP contribution in [0.1, 0.15) is 28.6 Å². The molecule has 0 saturated carbocycles. The zero-order chi connectivity index (χ0) is 15.8. The lowest BCUT2D eigenvalue weighted by molar-refractivity contribution is -0.137. The highest BCUT2D eigenvalue weighted by atomic mass is 35.5. The Kier molecular flexibility index (Phi) is 4.30. The zero-order valence-electron chi connectivity index (χ0n) is 11.4. The standard InChI is InChI=1S/C14H14ClF3N2O/c1-8-13(15)11(20(2)19-8)7-12(21)9-4-3-5-10(6-9)14(16,17)18/h3-6,12,21H,7H2,1-2H3. The molecule has 1 aromatic heterocycles. The summed E-state index contributed by atoms with van der Waals surface area (Å²) >= 11 is 6.08. The predicted molar refractivity (Wildman–Crippen MR) is 73.1 cm³/mol. The summed E-state index contributed by atoms with van der Waals surface area (Å²) in [4.78, 5) is 0. The molecule has 1 aromatic carbocycles. The van der Waals surface area contributed by atoms with Gasteiger partial charge in [-0.05, 0) is 24.6 Å². The number of aliphatic hydroxyl groups excluding tert-OH is 1. The van der Waals surface area contributed by atoms with E-state index in [0.717, 1.165) is 12.1 Å². The summed E-state index contributed by atoms with van der Waals surface area (Å²) in [6.07, 6.45) is -5.42. The second-order valence-corrected chi connectivity index (χ2v) is 5.19. The third-order valence-electron chi connectivity index (χ3n) is 3.25. The summed E-state index contributed by atoms with van der Waals surface area (Å²) < 4.78 is 39.5. The van der Waals surface area contributed by atoms with Crippen LogP contribution in [0.4, 0.5) is 13.2 Å². The van der Waals surface area contributed by atoms with Crippen molar-refractivity contribution in [1.29, 1.82) is 0 Å². The molecule has 1 atom stereocenters. The first-order chi connectivity index (χ1) is 9.70. The van der Waals surface area contributed by atoms with E-state index < -0.39 is 17.8 Å². The van der Waals surface area contributed by atoms with E-state index in [1.54, 1.807) is 14.0 Å². The van der Waals surface area contributed by atoms with Gasteiger partial charge in [0.05, 0.1) is 28.1 Å². The maximum Gasteiger partial charge on any atom is 0.416 e. The molecule has 0 amide bonds. The highest BCUT2D eigenvalue weighted by Crippen LogP contribution is 2.32. The molecule has 1 heterocycles. The Hall–Kier alpha value is -1.53. The van der Waals surface area contributed by atoms with Crippen molar-refractivity contribution in [3.8, 4) is 0 Å². The molecule has 0 aliphatic carbocycles. The Bertz CT molecular complexity index is 652. The minimum atomic E-state index is -4.43. The maximum absolute atomic E-state index is 12.7. The first-order valence-corrected chi connectivity index (χ1v) is 6.61. The number of alkyl halides is 3. The largest absolute Gasteiger partial charge is 0.416 e. The normalized spacial score (nSPS) is 13.5. The first kappa shape index (κ1) is 15.9. The highest BCUT2D eigenvalue weighted by molar-refractivity contribution is 6.31. The van der Waals surface area contributed by atoms with Crippen LogP contribution in [0.25, 0.3) is 0 Å². The van der Waals surface area contributed by atoms with Crippen LogP contribution in [-0.2, 0) is 19.6 Å². The molecule has 0 aliphatic heterocycles. The highest BCUT2D eigenvalue weighted by Gasteiger charge is 2.31. The van der Waals surface area contributed by atoms with Gasteiger partial charge in [0.1, 0.15) is 0 Å². The van der Waals surface area contributed by atoms with Crippen LogP contribution >= 0.6 is 11.6 Å². The van der Waals surface area contributed by atoms with Crippen LogP contribution in [-0.4, -0.2) is 14.9 Å². The molecular weight excluding hydrogens is 305 g/mol. The van der Waals surface area contributed by atoms with Gasteiger partial charge in [0.15, 0.2) is 0 Å². The number of benzene rings is 1. The fourth-order valence-corrected chi connectivity index (χ4v) is 2.36. The Balaban J connectivity index is 2.27. The van der Waals surface area contributed by atoms with E-state index in [0.29, 0.717) is 16.4 Å². The molecule has 0 saturated heterocycles. The van der Waals surface area contributed by atoms with E-state index in [9.17, 15) is 18.3 Å². The molecule has 3 nitrogen and oxygen atoms in total. The lowest BCUT2D eigenvalue weighted by Crippen LogP contribution is -2.09. The molecule has 1 unspecified atom stereocenters. The molecule has 2 aromatic rings. The van der Waals surface area contributed by atoms with Gasteiger partial charge in [-0.3, -0.25) is 4.68 Å². The van der Waals surface area contributed by atoms with Gasteiger partial charge in [0, 0.05) is 13.5 Å². The lowest BCUT2D eigenvalue weighted by Gasteiger charge is -2.14. The van der Waals surface area contributed by atoms with Crippen LogP contribution in [0.5, 0.6) is 0 Å². The zero-order valence-corrected chi connectivity index (χ0v) is 12.2.